The van der Waals surface area contributed by atoms with Crippen molar-refractivity contribution < 1.29 is 9.50 Å². The lowest BCUT2D eigenvalue weighted by atomic mass is 9.96. The van der Waals surface area contributed by atoms with E-state index in [0.717, 1.165) is 24.8 Å². The lowest BCUT2D eigenvalue weighted by Gasteiger charge is -2.38. The van der Waals surface area contributed by atoms with Crippen LogP contribution in [0.4, 0.5) is 10.2 Å². The molecule has 2 bridgehead atoms. The Balaban J connectivity index is 1.37. The van der Waals surface area contributed by atoms with Crippen LogP contribution in [0.1, 0.15) is 19.3 Å². The Morgan fingerprint density at radius 3 is 2.71 bits per heavy atom. The second-order valence-corrected chi connectivity index (χ2v) is 8.34. The summed E-state index contributed by atoms with van der Waals surface area (Å²) in [5, 5.41) is 13.9. The topological polar surface area (TPSA) is 94.1 Å². The van der Waals surface area contributed by atoms with Gasteiger partial charge in [-0.3, -0.25) is 9.78 Å². The highest BCUT2D eigenvalue weighted by atomic mass is 19.1. The number of aromatic hydroxyl groups is 1. The molecule has 0 saturated carbocycles. The zero-order chi connectivity index (χ0) is 21.5. The van der Waals surface area contributed by atoms with Crippen molar-refractivity contribution in [3.05, 3.63) is 59.3 Å². The number of aromatic nitrogens is 3. The molecule has 0 aliphatic carbocycles. The van der Waals surface area contributed by atoms with E-state index in [1.807, 2.05) is 18.0 Å². The highest BCUT2D eigenvalue weighted by Gasteiger charge is 2.43. The van der Waals surface area contributed by atoms with Crippen molar-refractivity contribution in [2.45, 2.75) is 43.6 Å². The van der Waals surface area contributed by atoms with Gasteiger partial charge in [0.15, 0.2) is 0 Å². The lowest BCUT2D eigenvalue weighted by molar-refractivity contribution is 0.176. The molecule has 2 saturated heterocycles. The molecule has 2 fully saturated rings. The minimum Gasteiger partial charge on any atom is -0.507 e. The van der Waals surface area contributed by atoms with Gasteiger partial charge in [0, 0.05) is 37.0 Å². The van der Waals surface area contributed by atoms with Gasteiger partial charge in [0.2, 0.25) is 5.56 Å². The van der Waals surface area contributed by atoms with Crippen molar-refractivity contribution in [2.24, 2.45) is 0 Å². The van der Waals surface area contributed by atoms with Gasteiger partial charge in [-0.1, -0.05) is 6.07 Å². The standard InChI is InChI=1S/C23H24FN5O2/c1-29(19-10-15-3-5-17(28-15)23(19)24)21-12-26-18(11-27-21)16-4-2-13(8-20(16)30)14-6-7-25-22(31)9-14/h2,4,6-9,11-12,15,17,19,23,28,30H,3,5,10H2,1H3,(H,25,31)/t15?,17?,19-,23+/m1/s1. The first-order chi connectivity index (χ1) is 15.0. The Morgan fingerprint density at radius 1 is 1.13 bits per heavy atom. The highest BCUT2D eigenvalue weighted by molar-refractivity contribution is 5.74. The van der Waals surface area contributed by atoms with Gasteiger partial charge in [-0.2, -0.15) is 0 Å². The van der Waals surface area contributed by atoms with Gasteiger partial charge in [0.25, 0.3) is 0 Å². The van der Waals surface area contributed by atoms with Crippen LogP contribution in [0.15, 0.2) is 53.7 Å². The molecule has 4 atom stereocenters. The molecule has 31 heavy (non-hydrogen) atoms. The minimum atomic E-state index is -0.938. The van der Waals surface area contributed by atoms with E-state index >= 15 is 0 Å². The van der Waals surface area contributed by atoms with Crippen LogP contribution in [0.3, 0.4) is 0 Å². The number of pyridine rings is 1. The van der Waals surface area contributed by atoms with E-state index < -0.39 is 6.17 Å². The molecule has 0 radical (unpaired) electrons. The minimum absolute atomic E-state index is 0.0481. The van der Waals surface area contributed by atoms with Crippen molar-refractivity contribution in [1.82, 2.24) is 20.3 Å². The predicted molar refractivity (Wildman–Crippen MR) is 117 cm³/mol. The molecule has 8 heteroatoms. The maximum atomic E-state index is 14.9. The summed E-state index contributed by atoms with van der Waals surface area (Å²) in [5.74, 6) is 0.657. The molecule has 2 aliphatic rings. The number of halogens is 1. The number of piperidine rings is 1. The van der Waals surface area contributed by atoms with Crippen molar-refractivity contribution in [3.63, 3.8) is 0 Å². The fourth-order valence-corrected chi connectivity index (χ4v) is 4.71. The Morgan fingerprint density at radius 2 is 1.97 bits per heavy atom. The third-order valence-electron chi connectivity index (χ3n) is 6.43. The average Bonchev–Trinajstić information content (AvgIpc) is 3.19. The lowest BCUT2D eigenvalue weighted by Crippen LogP contribution is -2.55. The number of benzene rings is 1. The summed E-state index contributed by atoms with van der Waals surface area (Å²) in [4.78, 5) is 24.9. The van der Waals surface area contributed by atoms with E-state index in [0.29, 0.717) is 28.7 Å². The fourth-order valence-electron chi connectivity index (χ4n) is 4.71. The molecular weight excluding hydrogens is 397 g/mol. The number of nitrogens with zero attached hydrogens (tertiary/aromatic N) is 3. The van der Waals surface area contributed by atoms with E-state index in [1.54, 1.807) is 36.8 Å². The average molecular weight is 421 g/mol. The van der Waals surface area contributed by atoms with Crippen molar-refractivity contribution in [2.75, 3.05) is 11.9 Å². The first kappa shape index (κ1) is 19.7. The molecule has 160 valence electrons. The second kappa shape index (κ2) is 7.77. The number of hydrogen-bond acceptors (Lipinski definition) is 6. The summed E-state index contributed by atoms with van der Waals surface area (Å²) in [6.45, 7) is 0. The van der Waals surface area contributed by atoms with Crippen LogP contribution >= 0.6 is 0 Å². The molecule has 5 rings (SSSR count). The van der Waals surface area contributed by atoms with Gasteiger partial charge in [0.05, 0.1) is 24.1 Å². The molecule has 2 aliphatic heterocycles. The molecule has 7 nitrogen and oxygen atoms in total. The summed E-state index contributed by atoms with van der Waals surface area (Å²) in [7, 11) is 1.86. The fraction of sp³-hybridized carbons (Fsp3) is 0.348. The van der Waals surface area contributed by atoms with Crippen LogP contribution in [0.25, 0.3) is 22.4 Å². The molecular formula is C23H24FN5O2. The zero-order valence-corrected chi connectivity index (χ0v) is 17.1. The summed E-state index contributed by atoms with van der Waals surface area (Å²) >= 11 is 0. The third kappa shape index (κ3) is 3.67. The highest BCUT2D eigenvalue weighted by Crippen LogP contribution is 2.34. The molecule has 2 aromatic heterocycles. The SMILES string of the molecule is CN(c1cnc(-c2ccc(-c3cc[nH]c(=O)c3)cc2O)cn1)[C@@H]1CC2CCC(N2)[C@@H]1F. The molecule has 3 aromatic rings. The van der Waals surface area contributed by atoms with Crippen LogP contribution < -0.4 is 15.8 Å². The quantitative estimate of drug-likeness (QED) is 0.600. The van der Waals surface area contributed by atoms with E-state index in [2.05, 4.69) is 20.3 Å². The van der Waals surface area contributed by atoms with E-state index in [9.17, 15) is 14.3 Å². The van der Waals surface area contributed by atoms with Crippen molar-refractivity contribution >= 4 is 5.82 Å². The number of anilines is 1. The van der Waals surface area contributed by atoms with E-state index in [4.69, 9.17) is 0 Å². The number of fused-ring (bicyclic) bond motifs is 2. The maximum absolute atomic E-state index is 14.9. The second-order valence-electron chi connectivity index (χ2n) is 8.34. The first-order valence-corrected chi connectivity index (χ1v) is 10.5. The van der Waals surface area contributed by atoms with Crippen LogP contribution in [-0.2, 0) is 0 Å². The van der Waals surface area contributed by atoms with Crippen LogP contribution in [-0.4, -0.2) is 51.4 Å². The third-order valence-corrected chi connectivity index (χ3v) is 6.43. The number of alkyl halides is 1. The summed E-state index contributed by atoms with van der Waals surface area (Å²) in [5.41, 5.74) is 2.30. The Bertz CT molecular complexity index is 1150. The number of hydrogen-bond donors (Lipinski definition) is 3. The summed E-state index contributed by atoms with van der Waals surface area (Å²) in [6, 6.07) is 8.49. The van der Waals surface area contributed by atoms with Crippen LogP contribution in [0.5, 0.6) is 5.75 Å². The van der Waals surface area contributed by atoms with E-state index in [1.165, 1.54) is 6.07 Å². The predicted octanol–water partition coefficient (Wildman–Crippen LogP) is 2.87. The normalized spacial score (nSPS) is 24.8. The molecule has 2 unspecified atom stereocenters. The first-order valence-electron chi connectivity index (χ1n) is 10.5. The maximum Gasteiger partial charge on any atom is 0.248 e. The summed E-state index contributed by atoms with van der Waals surface area (Å²) < 4.78 is 14.9. The van der Waals surface area contributed by atoms with Gasteiger partial charge < -0.3 is 20.3 Å². The smallest absolute Gasteiger partial charge is 0.248 e. The van der Waals surface area contributed by atoms with Crippen LogP contribution in [0.2, 0.25) is 0 Å². The number of phenols is 1. The Hall–Kier alpha value is -3.26. The van der Waals surface area contributed by atoms with Gasteiger partial charge in [-0.25, -0.2) is 9.37 Å². The number of aromatic amines is 1. The van der Waals surface area contributed by atoms with Crippen molar-refractivity contribution in [1.29, 1.82) is 0 Å². The molecule has 3 N–H and O–H groups in total. The number of phenolic OH excluding ortho intramolecular Hbond substituents is 1. The van der Waals surface area contributed by atoms with Crippen molar-refractivity contribution in [3.8, 4) is 28.1 Å². The number of H-pyrrole nitrogens is 1. The molecule has 4 heterocycles. The number of nitrogens with one attached hydrogen (secondary N) is 2. The molecule has 1 aromatic carbocycles. The summed E-state index contributed by atoms with van der Waals surface area (Å²) in [6.07, 6.45) is 6.50. The van der Waals surface area contributed by atoms with Crippen LogP contribution in [0, 0.1) is 0 Å². The van der Waals surface area contributed by atoms with Gasteiger partial charge >= 0.3 is 0 Å². The Labute approximate surface area is 179 Å². The van der Waals surface area contributed by atoms with Gasteiger partial charge in [-0.05, 0) is 48.6 Å². The largest absolute Gasteiger partial charge is 0.507 e. The van der Waals surface area contributed by atoms with Gasteiger partial charge in [0.1, 0.15) is 17.7 Å². The Kier molecular flexibility index (Phi) is 4.94. The molecule has 0 spiro atoms. The van der Waals surface area contributed by atoms with Gasteiger partial charge in [-0.15, -0.1) is 0 Å². The zero-order valence-electron chi connectivity index (χ0n) is 17.1. The number of rotatable bonds is 4. The molecule has 0 amide bonds. The monoisotopic (exact) mass is 421 g/mol. The van der Waals surface area contributed by atoms with E-state index in [-0.39, 0.29) is 23.4 Å².